The minimum Gasteiger partial charge on any atom is -0.207 e. The lowest BCUT2D eigenvalue weighted by Crippen LogP contribution is -2.31. The molecule has 1 atom stereocenters. The highest BCUT2D eigenvalue weighted by Crippen LogP contribution is 2.27. The van der Waals surface area contributed by atoms with Crippen LogP contribution >= 0.6 is 27.3 Å². The zero-order valence-electron chi connectivity index (χ0n) is 8.23. The summed E-state index contributed by atoms with van der Waals surface area (Å²) in [5.74, 6) is 0. The SMILES string of the molecule is C=CCC(C)NS(=O)(=O)c1sccc1Br. The second-order valence-electron chi connectivity index (χ2n) is 3.10. The fourth-order valence-electron chi connectivity index (χ4n) is 1.09. The van der Waals surface area contributed by atoms with Gasteiger partial charge in [-0.05, 0) is 40.7 Å². The number of hydrogen-bond acceptors (Lipinski definition) is 3. The molecule has 0 aliphatic carbocycles. The molecule has 3 nitrogen and oxygen atoms in total. The Balaban J connectivity index is 2.85. The molecule has 0 radical (unpaired) electrons. The van der Waals surface area contributed by atoms with Crippen LogP contribution < -0.4 is 4.72 Å². The molecule has 0 aliphatic rings. The number of thiophene rings is 1. The van der Waals surface area contributed by atoms with Gasteiger partial charge >= 0.3 is 0 Å². The van der Waals surface area contributed by atoms with Crippen LogP contribution in [-0.4, -0.2) is 14.5 Å². The Hall–Kier alpha value is -0.170. The minimum atomic E-state index is -3.40. The average Bonchev–Trinajstić information content (AvgIpc) is 2.51. The molecule has 1 N–H and O–H groups in total. The van der Waals surface area contributed by atoms with Gasteiger partial charge in [-0.3, -0.25) is 0 Å². The molecule has 0 bridgehead atoms. The molecule has 0 aliphatic heterocycles. The van der Waals surface area contributed by atoms with E-state index < -0.39 is 10.0 Å². The number of sulfonamides is 1. The van der Waals surface area contributed by atoms with Crippen molar-refractivity contribution in [3.8, 4) is 0 Å². The minimum absolute atomic E-state index is 0.138. The van der Waals surface area contributed by atoms with E-state index in [0.717, 1.165) is 0 Å². The smallest absolute Gasteiger partial charge is 0.207 e. The quantitative estimate of drug-likeness (QED) is 0.850. The summed E-state index contributed by atoms with van der Waals surface area (Å²) in [5.41, 5.74) is 0. The monoisotopic (exact) mass is 309 g/mol. The predicted molar refractivity (Wildman–Crippen MR) is 66.6 cm³/mol. The fourth-order valence-corrected chi connectivity index (χ4v) is 4.70. The first-order chi connectivity index (χ1) is 6.97. The molecule has 15 heavy (non-hydrogen) atoms. The Labute approximate surface area is 102 Å². The zero-order chi connectivity index (χ0) is 11.5. The lowest BCUT2D eigenvalue weighted by molar-refractivity contribution is 0.564. The number of rotatable bonds is 5. The van der Waals surface area contributed by atoms with E-state index in [1.165, 1.54) is 11.3 Å². The van der Waals surface area contributed by atoms with Gasteiger partial charge in [-0.1, -0.05) is 6.08 Å². The van der Waals surface area contributed by atoms with E-state index in [2.05, 4.69) is 27.2 Å². The molecule has 1 rings (SSSR count). The topological polar surface area (TPSA) is 46.2 Å². The molecule has 84 valence electrons. The molecule has 0 saturated carbocycles. The van der Waals surface area contributed by atoms with Crippen molar-refractivity contribution in [2.45, 2.75) is 23.6 Å². The van der Waals surface area contributed by atoms with Gasteiger partial charge in [-0.25, -0.2) is 13.1 Å². The third-order valence-corrected chi connectivity index (χ3v) is 5.96. The molecular formula is C9H12BrNO2S2. The van der Waals surface area contributed by atoms with E-state index in [1.54, 1.807) is 24.4 Å². The first-order valence-corrected chi connectivity index (χ1v) is 7.49. The summed E-state index contributed by atoms with van der Waals surface area (Å²) in [5, 5.41) is 1.73. The molecule has 1 heterocycles. The van der Waals surface area contributed by atoms with Crippen LogP contribution in [-0.2, 0) is 10.0 Å². The molecule has 0 aromatic carbocycles. The second kappa shape index (κ2) is 5.25. The van der Waals surface area contributed by atoms with Crippen LogP contribution in [0.3, 0.4) is 0 Å². The summed E-state index contributed by atoms with van der Waals surface area (Å²) in [6.07, 6.45) is 2.30. The van der Waals surface area contributed by atoms with Crippen LogP contribution in [0.1, 0.15) is 13.3 Å². The molecule has 6 heteroatoms. The van der Waals surface area contributed by atoms with Gasteiger partial charge < -0.3 is 0 Å². The standard InChI is InChI=1S/C9H12BrNO2S2/c1-3-4-7(2)11-15(12,13)9-8(10)5-6-14-9/h3,5-7,11H,1,4H2,2H3. The maximum atomic E-state index is 11.8. The van der Waals surface area contributed by atoms with Gasteiger partial charge in [0.15, 0.2) is 0 Å². The van der Waals surface area contributed by atoms with Gasteiger partial charge in [0, 0.05) is 10.5 Å². The third-order valence-electron chi connectivity index (χ3n) is 1.71. The summed E-state index contributed by atoms with van der Waals surface area (Å²) in [6.45, 7) is 5.38. The largest absolute Gasteiger partial charge is 0.251 e. The fraction of sp³-hybridized carbons (Fsp3) is 0.333. The van der Waals surface area contributed by atoms with Gasteiger partial charge in [0.2, 0.25) is 0 Å². The summed E-state index contributed by atoms with van der Waals surface area (Å²) >= 11 is 4.40. The summed E-state index contributed by atoms with van der Waals surface area (Å²) in [4.78, 5) is 0. The van der Waals surface area contributed by atoms with E-state index in [0.29, 0.717) is 15.1 Å². The molecule has 1 aromatic heterocycles. The van der Waals surface area contributed by atoms with Crippen LogP contribution in [0, 0.1) is 0 Å². The Kier molecular flexibility index (Phi) is 4.51. The van der Waals surface area contributed by atoms with Gasteiger partial charge in [0.1, 0.15) is 4.21 Å². The maximum absolute atomic E-state index is 11.8. The number of nitrogens with one attached hydrogen (secondary N) is 1. The van der Waals surface area contributed by atoms with Crippen molar-refractivity contribution < 1.29 is 8.42 Å². The number of halogens is 1. The molecule has 0 saturated heterocycles. The predicted octanol–water partition coefficient (Wildman–Crippen LogP) is 2.75. The van der Waals surface area contributed by atoms with Crippen molar-refractivity contribution in [2.75, 3.05) is 0 Å². The first kappa shape index (κ1) is 12.9. The number of hydrogen-bond donors (Lipinski definition) is 1. The molecule has 0 spiro atoms. The van der Waals surface area contributed by atoms with E-state index >= 15 is 0 Å². The van der Waals surface area contributed by atoms with Crippen molar-refractivity contribution in [3.05, 3.63) is 28.6 Å². The Morgan fingerprint density at radius 3 is 2.87 bits per heavy atom. The van der Waals surface area contributed by atoms with Crippen molar-refractivity contribution in [3.63, 3.8) is 0 Å². The summed E-state index contributed by atoms with van der Waals surface area (Å²) in [6, 6.07) is 1.58. The highest BCUT2D eigenvalue weighted by molar-refractivity contribution is 9.10. The van der Waals surface area contributed by atoms with Crippen molar-refractivity contribution in [1.82, 2.24) is 4.72 Å². The Morgan fingerprint density at radius 2 is 2.40 bits per heavy atom. The van der Waals surface area contributed by atoms with E-state index in [1.807, 2.05) is 0 Å². The maximum Gasteiger partial charge on any atom is 0.251 e. The summed E-state index contributed by atoms with van der Waals surface area (Å²) < 4.78 is 27.2. The molecule has 1 aromatic rings. The van der Waals surface area contributed by atoms with Crippen LogP contribution in [0.25, 0.3) is 0 Å². The lowest BCUT2D eigenvalue weighted by atomic mass is 10.3. The van der Waals surface area contributed by atoms with E-state index in [-0.39, 0.29) is 6.04 Å². The highest BCUT2D eigenvalue weighted by Gasteiger charge is 2.20. The van der Waals surface area contributed by atoms with Crippen LogP contribution in [0.2, 0.25) is 0 Å². The molecule has 1 unspecified atom stereocenters. The Morgan fingerprint density at radius 1 is 1.73 bits per heavy atom. The van der Waals surface area contributed by atoms with Crippen LogP contribution in [0.4, 0.5) is 0 Å². The van der Waals surface area contributed by atoms with Crippen LogP contribution in [0.5, 0.6) is 0 Å². The van der Waals surface area contributed by atoms with Crippen molar-refractivity contribution in [1.29, 1.82) is 0 Å². The van der Waals surface area contributed by atoms with Crippen molar-refractivity contribution in [2.24, 2.45) is 0 Å². The molecule has 0 amide bonds. The first-order valence-electron chi connectivity index (χ1n) is 4.33. The Bertz CT molecular complexity index is 439. The van der Waals surface area contributed by atoms with E-state index in [9.17, 15) is 8.42 Å². The third kappa shape index (κ3) is 3.41. The summed E-state index contributed by atoms with van der Waals surface area (Å²) in [7, 11) is -3.40. The van der Waals surface area contributed by atoms with Gasteiger partial charge in [-0.2, -0.15) is 0 Å². The van der Waals surface area contributed by atoms with Gasteiger partial charge in [-0.15, -0.1) is 17.9 Å². The van der Waals surface area contributed by atoms with Crippen LogP contribution in [0.15, 0.2) is 32.8 Å². The average molecular weight is 310 g/mol. The molecule has 0 fully saturated rings. The van der Waals surface area contributed by atoms with Gasteiger partial charge in [0.05, 0.1) is 0 Å². The van der Waals surface area contributed by atoms with Crippen molar-refractivity contribution >= 4 is 37.3 Å². The highest BCUT2D eigenvalue weighted by atomic mass is 79.9. The normalized spacial score (nSPS) is 13.7. The van der Waals surface area contributed by atoms with E-state index in [4.69, 9.17) is 0 Å². The molecular weight excluding hydrogens is 298 g/mol. The lowest BCUT2D eigenvalue weighted by Gasteiger charge is -2.11. The second-order valence-corrected chi connectivity index (χ2v) is 6.78. The zero-order valence-corrected chi connectivity index (χ0v) is 11.5. The van der Waals surface area contributed by atoms with Gasteiger partial charge in [0.25, 0.3) is 10.0 Å².